The molecule has 4 heterocycles. The molecule has 0 spiro atoms. The number of aromatic amines is 1. The molecule has 1 saturated carbocycles. The Bertz CT molecular complexity index is 1130. The average molecular weight is 472 g/mol. The molecular weight excluding hydrogens is 442 g/mol. The van der Waals surface area contributed by atoms with Gasteiger partial charge in [0.2, 0.25) is 0 Å². The van der Waals surface area contributed by atoms with Crippen molar-refractivity contribution in [1.82, 2.24) is 25.1 Å². The fraction of sp³-hybridized carbons (Fsp3) is 0.522. The van der Waals surface area contributed by atoms with Crippen LogP contribution in [0.5, 0.6) is 0 Å². The van der Waals surface area contributed by atoms with Crippen LogP contribution in [0.1, 0.15) is 38.4 Å². The molecular formula is C23H29N5O2S2. The summed E-state index contributed by atoms with van der Waals surface area (Å²) in [5.74, 6) is 1.25. The Morgan fingerprint density at radius 3 is 2.78 bits per heavy atom. The SMILES string of the molecule is CC1CCCCC1NC(=O)N1CCN(Cc2nc3scc(-c4cccs4)c3c(=O)[nH]2)CC1. The zero-order valence-corrected chi connectivity index (χ0v) is 19.9. The smallest absolute Gasteiger partial charge is 0.317 e. The molecule has 1 saturated heterocycles. The second-order valence-corrected chi connectivity index (χ2v) is 10.7. The standard InChI is InChI=1S/C23H29N5O2S2/c1-15-5-2-3-6-17(15)24-23(30)28-10-8-27(9-11-28)13-19-25-21(29)20-16(14-32-22(20)26-19)18-7-4-12-31-18/h4,7,12,14-15,17H,2-3,5-6,8-11,13H2,1H3,(H,24,30)(H,25,26,29). The van der Waals surface area contributed by atoms with Gasteiger partial charge < -0.3 is 15.2 Å². The summed E-state index contributed by atoms with van der Waals surface area (Å²) >= 11 is 3.15. The largest absolute Gasteiger partial charge is 0.335 e. The van der Waals surface area contributed by atoms with Crippen molar-refractivity contribution in [3.8, 4) is 10.4 Å². The number of urea groups is 1. The summed E-state index contributed by atoms with van der Waals surface area (Å²) in [6.45, 7) is 5.78. The van der Waals surface area contributed by atoms with Crippen LogP contribution < -0.4 is 10.9 Å². The predicted octanol–water partition coefficient (Wildman–Crippen LogP) is 4.12. The number of piperazine rings is 1. The van der Waals surface area contributed by atoms with E-state index in [9.17, 15) is 9.59 Å². The van der Waals surface area contributed by atoms with Gasteiger partial charge in [-0.3, -0.25) is 9.69 Å². The lowest BCUT2D eigenvalue weighted by Crippen LogP contribution is -2.54. The number of nitrogens with one attached hydrogen (secondary N) is 2. The van der Waals surface area contributed by atoms with Crippen LogP contribution in [-0.2, 0) is 6.54 Å². The Kier molecular flexibility index (Phi) is 6.30. The van der Waals surface area contributed by atoms with Gasteiger partial charge in [0.1, 0.15) is 10.7 Å². The second kappa shape index (κ2) is 9.33. The number of thiophene rings is 2. The Labute approximate surface area is 195 Å². The number of carbonyl (C=O) groups is 1. The molecule has 2 fully saturated rings. The van der Waals surface area contributed by atoms with Crippen LogP contribution in [0.4, 0.5) is 4.79 Å². The maximum Gasteiger partial charge on any atom is 0.317 e. The molecule has 2 atom stereocenters. The van der Waals surface area contributed by atoms with E-state index >= 15 is 0 Å². The highest BCUT2D eigenvalue weighted by atomic mass is 32.1. The van der Waals surface area contributed by atoms with E-state index in [1.807, 2.05) is 27.8 Å². The van der Waals surface area contributed by atoms with Gasteiger partial charge in [0.15, 0.2) is 0 Å². The first-order valence-electron chi connectivity index (χ1n) is 11.4. The maximum atomic E-state index is 12.8. The number of hydrogen-bond donors (Lipinski definition) is 2. The molecule has 2 N–H and O–H groups in total. The van der Waals surface area contributed by atoms with E-state index in [-0.39, 0.29) is 11.6 Å². The molecule has 2 aliphatic rings. The number of aromatic nitrogens is 2. The number of amides is 2. The Hall–Kier alpha value is -2.23. The summed E-state index contributed by atoms with van der Waals surface area (Å²) in [6.07, 6.45) is 4.77. The number of rotatable bonds is 4. The summed E-state index contributed by atoms with van der Waals surface area (Å²) < 4.78 is 0. The molecule has 0 radical (unpaired) electrons. The van der Waals surface area contributed by atoms with E-state index in [0.717, 1.165) is 34.8 Å². The molecule has 2 unspecified atom stereocenters. The van der Waals surface area contributed by atoms with Crippen molar-refractivity contribution in [2.75, 3.05) is 26.2 Å². The quantitative estimate of drug-likeness (QED) is 0.600. The van der Waals surface area contributed by atoms with Gasteiger partial charge in [-0.1, -0.05) is 25.8 Å². The van der Waals surface area contributed by atoms with Crippen molar-refractivity contribution in [3.05, 3.63) is 39.1 Å². The molecule has 170 valence electrons. The van der Waals surface area contributed by atoms with Crippen LogP contribution in [0.2, 0.25) is 0 Å². The van der Waals surface area contributed by atoms with Crippen LogP contribution in [0, 0.1) is 5.92 Å². The third-order valence-electron chi connectivity index (χ3n) is 6.73. The summed E-state index contributed by atoms with van der Waals surface area (Å²) in [5, 5.41) is 7.97. The number of nitrogens with zero attached hydrogens (tertiary/aromatic N) is 3. The Morgan fingerprint density at radius 2 is 2.03 bits per heavy atom. The predicted molar refractivity (Wildman–Crippen MR) is 130 cm³/mol. The van der Waals surface area contributed by atoms with Gasteiger partial charge in [-0.25, -0.2) is 9.78 Å². The first-order valence-corrected chi connectivity index (χ1v) is 13.2. The summed E-state index contributed by atoms with van der Waals surface area (Å²) in [4.78, 5) is 39.3. The maximum absolute atomic E-state index is 12.8. The first kappa shape index (κ1) is 21.6. The lowest BCUT2D eigenvalue weighted by atomic mass is 9.86. The van der Waals surface area contributed by atoms with Gasteiger partial charge >= 0.3 is 6.03 Å². The number of hydrogen-bond acceptors (Lipinski definition) is 6. The van der Waals surface area contributed by atoms with Gasteiger partial charge in [-0.05, 0) is 30.2 Å². The number of fused-ring (bicyclic) bond motifs is 1. The topological polar surface area (TPSA) is 81.3 Å². The minimum Gasteiger partial charge on any atom is -0.335 e. The zero-order valence-electron chi connectivity index (χ0n) is 18.3. The molecule has 3 aromatic rings. The van der Waals surface area contributed by atoms with E-state index in [0.29, 0.717) is 42.8 Å². The van der Waals surface area contributed by atoms with Crippen molar-refractivity contribution in [3.63, 3.8) is 0 Å². The molecule has 3 aromatic heterocycles. The summed E-state index contributed by atoms with van der Waals surface area (Å²) in [6, 6.07) is 4.40. The zero-order chi connectivity index (χ0) is 22.1. The minimum absolute atomic E-state index is 0.0658. The van der Waals surface area contributed by atoms with Gasteiger partial charge in [-0.2, -0.15) is 0 Å². The van der Waals surface area contributed by atoms with Gasteiger partial charge in [0.25, 0.3) is 5.56 Å². The lowest BCUT2D eigenvalue weighted by Gasteiger charge is -2.37. The monoisotopic (exact) mass is 471 g/mol. The van der Waals surface area contributed by atoms with E-state index in [2.05, 4.69) is 22.1 Å². The lowest BCUT2D eigenvalue weighted by molar-refractivity contribution is 0.127. The van der Waals surface area contributed by atoms with Gasteiger partial charge in [0.05, 0.1) is 11.9 Å². The van der Waals surface area contributed by atoms with Crippen molar-refractivity contribution >= 4 is 38.9 Å². The van der Waals surface area contributed by atoms with Gasteiger partial charge in [0, 0.05) is 48.0 Å². The van der Waals surface area contributed by atoms with Crippen LogP contribution in [0.15, 0.2) is 27.7 Å². The molecule has 2 amide bonds. The van der Waals surface area contributed by atoms with Crippen molar-refractivity contribution in [2.45, 2.75) is 45.2 Å². The third-order valence-corrected chi connectivity index (χ3v) is 8.51. The van der Waals surface area contributed by atoms with Crippen molar-refractivity contribution in [1.29, 1.82) is 0 Å². The normalized spacial score (nSPS) is 22.3. The van der Waals surface area contributed by atoms with Crippen LogP contribution in [0.3, 0.4) is 0 Å². The molecule has 7 nitrogen and oxygen atoms in total. The Morgan fingerprint density at radius 1 is 1.22 bits per heavy atom. The molecule has 1 aliphatic heterocycles. The number of H-pyrrole nitrogens is 1. The highest BCUT2D eigenvalue weighted by Gasteiger charge is 2.27. The Balaban J connectivity index is 1.20. The van der Waals surface area contributed by atoms with E-state index < -0.39 is 0 Å². The van der Waals surface area contributed by atoms with Crippen LogP contribution in [0.25, 0.3) is 20.7 Å². The second-order valence-electron chi connectivity index (χ2n) is 8.90. The molecule has 1 aliphatic carbocycles. The van der Waals surface area contributed by atoms with Gasteiger partial charge in [-0.15, -0.1) is 22.7 Å². The molecule has 32 heavy (non-hydrogen) atoms. The average Bonchev–Trinajstić information content (AvgIpc) is 3.46. The fourth-order valence-corrected chi connectivity index (χ4v) is 6.56. The molecule has 0 bridgehead atoms. The molecule has 5 rings (SSSR count). The van der Waals surface area contributed by atoms with Crippen molar-refractivity contribution in [2.24, 2.45) is 5.92 Å². The number of carbonyl (C=O) groups excluding carboxylic acids is 1. The summed E-state index contributed by atoms with van der Waals surface area (Å²) in [7, 11) is 0. The fourth-order valence-electron chi connectivity index (χ4n) is 4.78. The first-order chi connectivity index (χ1) is 15.6. The van der Waals surface area contributed by atoms with E-state index in [4.69, 9.17) is 4.98 Å². The summed E-state index contributed by atoms with van der Waals surface area (Å²) in [5.41, 5.74) is 0.890. The van der Waals surface area contributed by atoms with Crippen LogP contribution in [-0.4, -0.2) is 58.0 Å². The molecule has 0 aromatic carbocycles. The van der Waals surface area contributed by atoms with Crippen LogP contribution >= 0.6 is 22.7 Å². The third kappa shape index (κ3) is 4.46. The molecule has 9 heteroatoms. The van der Waals surface area contributed by atoms with E-state index in [1.165, 1.54) is 30.6 Å². The highest BCUT2D eigenvalue weighted by molar-refractivity contribution is 7.18. The van der Waals surface area contributed by atoms with E-state index in [1.54, 1.807) is 11.3 Å². The minimum atomic E-state index is -0.0748. The van der Waals surface area contributed by atoms with Crippen molar-refractivity contribution < 1.29 is 4.79 Å². The highest BCUT2D eigenvalue weighted by Crippen LogP contribution is 2.33.